The van der Waals surface area contributed by atoms with E-state index in [9.17, 15) is 13.2 Å². The molecule has 3 rings (SSSR count). The number of nitriles is 1. The molecule has 2 aromatic rings. The number of morpholine rings is 1. The van der Waals surface area contributed by atoms with E-state index in [0.29, 0.717) is 24.3 Å². The number of nitrogens with zero attached hydrogens (tertiary/aromatic N) is 2. The Kier molecular flexibility index (Phi) is 5.56. The SMILES string of the molecule is Cc1ccc(S(=O)(=O)N2CCOCC2)cc1C(=O)Oc1ccc(C#N)cc1. The fraction of sp³-hybridized carbons (Fsp3) is 0.263. The van der Waals surface area contributed by atoms with Crippen LogP contribution in [0.4, 0.5) is 0 Å². The molecule has 140 valence electrons. The maximum atomic E-state index is 12.8. The first kappa shape index (κ1) is 19.0. The van der Waals surface area contributed by atoms with E-state index in [0.717, 1.165) is 0 Å². The van der Waals surface area contributed by atoms with Crippen LogP contribution in [0.5, 0.6) is 5.75 Å². The van der Waals surface area contributed by atoms with Gasteiger partial charge in [0, 0.05) is 13.1 Å². The maximum Gasteiger partial charge on any atom is 0.343 e. The lowest BCUT2D eigenvalue weighted by atomic mass is 10.1. The van der Waals surface area contributed by atoms with Gasteiger partial charge in [-0.25, -0.2) is 13.2 Å². The molecule has 0 aliphatic carbocycles. The summed E-state index contributed by atoms with van der Waals surface area (Å²) in [6.45, 7) is 2.96. The summed E-state index contributed by atoms with van der Waals surface area (Å²) in [6.07, 6.45) is 0. The van der Waals surface area contributed by atoms with E-state index in [-0.39, 0.29) is 29.3 Å². The number of aryl methyl sites for hydroxylation is 1. The second-order valence-electron chi connectivity index (χ2n) is 6.02. The van der Waals surface area contributed by atoms with E-state index >= 15 is 0 Å². The lowest BCUT2D eigenvalue weighted by molar-refractivity contribution is 0.0727. The van der Waals surface area contributed by atoms with Crippen molar-refractivity contribution in [3.8, 4) is 11.8 Å². The molecule has 0 atom stereocenters. The van der Waals surface area contributed by atoms with Crippen molar-refractivity contribution in [3.63, 3.8) is 0 Å². The smallest absolute Gasteiger partial charge is 0.343 e. The van der Waals surface area contributed by atoms with Crippen molar-refractivity contribution in [1.82, 2.24) is 4.31 Å². The Morgan fingerprint density at radius 3 is 2.44 bits per heavy atom. The fourth-order valence-corrected chi connectivity index (χ4v) is 4.11. The summed E-state index contributed by atoms with van der Waals surface area (Å²) < 4.78 is 37.4. The Balaban J connectivity index is 1.86. The molecule has 2 aromatic carbocycles. The molecular formula is C19H18N2O5S. The number of carbonyl (C=O) groups is 1. The van der Waals surface area contributed by atoms with Crippen LogP contribution in [0.2, 0.25) is 0 Å². The number of carbonyl (C=O) groups excluding carboxylic acids is 1. The molecule has 0 bridgehead atoms. The number of hydrogen-bond acceptors (Lipinski definition) is 6. The quantitative estimate of drug-likeness (QED) is 0.590. The molecule has 1 aliphatic heterocycles. The predicted octanol–water partition coefficient (Wildman–Crippen LogP) is 2.11. The molecule has 7 nitrogen and oxygen atoms in total. The van der Waals surface area contributed by atoms with Crippen molar-refractivity contribution in [2.45, 2.75) is 11.8 Å². The number of hydrogen-bond donors (Lipinski definition) is 0. The monoisotopic (exact) mass is 386 g/mol. The van der Waals surface area contributed by atoms with Crippen molar-refractivity contribution < 1.29 is 22.7 Å². The molecule has 8 heteroatoms. The van der Waals surface area contributed by atoms with E-state index in [1.165, 1.54) is 40.7 Å². The number of esters is 1. The Hall–Kier alpha value is -2.73. The molecule has 0 spiro atoms. The number of rotatable bonds is 4. The summed E-state index contributed by atoms with van der Waals surface area (Å²) in [5, 5.41) is 8.81. The first-order valence-corrected chi connectivity index (χ1v) is 9.77. The summed E-state index contributed by atoms with van der Waals surface area (Å²) >= 11 is 0. The first-order chi connectivity index (χ1) is 12.9. The molecule has 0 unspecified atom stereocenters. The minimum atomic E-state index is -3.71. The average Bonchev–Trinajstić information content (AvgIpc) is 2.69. The molecule has 0 aromatic heterocycles. The van der Waals surface area contributed by atoms with Gasteiger partial charge in [0.25, 0.3) is 0 Å². The lowest BCUT2D eigenvalue weighted by Gasteiger charge is -2.26. The summed E-state index contributed by atoms with van der Waals surface area (Å²) in [5.41, 5.74) is 1.23. The highest BCUT2D eigenvalue weighted by Gasteiger charge is 2.27. The number of sulfonamides is 1. The second-order valence-corrected chi connectivity index (χ2v) is 7.96. The van der Waals surface area contributed by atoms with Crippen molar-refractivity contribution in [3.05, 3.63) is 59.2 Å². The molecule has 1 aliphatic rings. The normalized spacial score (nSPS) is 15.1. The van der Waals surface area contributed by atoms with Crippen LogP contribution in [-0.2, 0) is 14.8 Å². The van der Waals surface area contributed by atoms with Crippen LogP contribution in [-0.4, -0.2) is 45.0 Å². The highest BCUT2D eigenvalue weighted by molar-refractivity contribution is 7.89. The van der Waals surface area contributed by atoms with Gasteiger partial charge in [-0.15, -0.1) is 0 Å². The highest BCUT2D eigenvalue weighted by atomic mass is 32.2. The maximum absolute atomic E-state index is 12.8. The molecule has 27 heavy (non-hydrogen) atoms. The van der Waals surface area contributed by atoms with Crippen LogP contribution in [0.15, 0.2) is 47.4 Å². The standard InChI is InChI=1S/C19H18N2O5S/c1-14-2-7-17(27(23,24)21-8-10-25-11-9-21)12-18(14)19(22)26-16-5-3-15(13-20)4-6-16/h2-7,12H,8-11H2,1H3. The Morgan fingerprint density at radius 2 is 1.81 bits per heavy atom. The van der Waals surface area contributed by atoms with Gasteiger partial charge >= 0.3 is 5.97 Å². The number of benzene rings is 2. The third-order valence-electron chi connectivity index (χ3n) is 4.23. The first-order valence-electron chi connectivity index (χ1n) is 8.33. The van der Waals surface area contributed by atoms with Gasteiger partial charge in [0.1, 0.15) is 5.75 Å². The molecule has 0 N–H and O–H groups in total. The Labute approximate surface area is 157 Å². The third-order valence-corrected chi connectivity index (χ3v) is 6.13. The molecule has 0 saturated carbocycles. The van der Waals surface area contributed by atoms with Crippen molar-refractivity contribution in [1.29, 1.82) is 5.26 Å². The van der Waals surface area contributed by atoms with Crippen LogP contribution in [0.1, 0.15) is 21.5 Å². The van der Waals surface area contributed by atoms with E-state index < -0.39 is 16.0 Å². The van der Waals surface area contributed by atoms with Crippen LogP contribution in [0, 0.1) is 18.3 Å². The molecule has 0 amide bonds. The van der Waals surface area contributed by atoms with E-state index in [1.807, 2.05) is 6.07 Å². The Bertz CT molecular complexity index is 988. The number of ether oxygens (including phenoxy) is 2. The largest absolute Gasteiger partial charge is 0.423 e. The minimum Gasteiger partial charge on any atom is -0.423 e. The Morgan fingerprint density at radius 1 is 1.15 bits per heavy atom. The van der Waals surface area contributed by atoms with Gasteiger partial charge < -0.3 is 9.47 Å². The van der Waals surface area contributed by atoms with Crippen LogP contribution >= 0.6 is 0 Å². The van der Waals surface area contributed by atoms with Gasteiger partial charge in [-0.2, -0.15) is 9.57 Å². The van der Waals surface area contributed by atoms with Crippen molar-refractivity contribution in [2.24, 2.45) is 0 Å². The van der Waals surface area contributed by atoms with Gasteiger partial charge in [-0.1, -0.05) is 6.07 Å². The second kappa shape index (κ2) is 7.88. The van der Waals surface area contributed by atoms with Gasteiger partial charge in [0.2, 0.25) is 10.0 Å². The van der Waals surface area contributed by atoms with Gasteiger partial charge in [-0.05, 0) is 48.9 Å². The molecular weight excluding hydrogens is 368 g/mol. The molecule has 1 heterocycles. The highest BCUT2D eigenvalue weighted by Crippen LogP contribution is 2.22. The third kappa shape index (κ3) is 4.17. The molecule has 1 saturated heterocycles. The van der Waals surface area contributed by atoms with Crippen LogP contribution in [0.3, 0.4) is 0 Å². The fourth-order valence-electron chi connectivity index (χ4n) is 2.68. The molecule has 1 fully saturated rings. The summed E-state index contributed by atoms with van der Waals surface area (Å²) in [5.74, 6) is -0.379. The zero-order valence-corrected chi connectivity index (χ0v) is 15.5. The van der Waals surface area contributed by atoms with Gasteiger partial charge in [-0.3, -0.25) is 0 Å². The van der Waals surface area contributed by atoms with Gasteiger partial charge in [0.05, 0.1) is 35.3 Å². The average molecular weight is 386 g/mol. The van der Waals surface area contributed by atoms with Crippen molar-refractivity contribution in [2.75, 3.05) is 26.3 Å². The zero-order chi connectivity index (χ0) is 19.4. The summed E-state index contributed by atoms with van der Waals surface area (Å²) in [6, 6.07) is 12.5. The summed E-state index contributed by atoms with van der Waals surface area (Å²) in [7, 11) is -3.71. The van der Waals surface area contributed by atoms with E-state index in [1.54, 1.807) is 13.0 Å². The van der Waals surface area contributed by atoms with E-state index in [2.05, 4.69) is 0 Å². The van der Waals surface area contributed by atoms with Crippen LogP contribution < -0.4 is 4.74 Å². The molecule has 0 radical (unpaired) electrons. The van der Waals surface area contributed by atoms with E-state index in [4.69, 9.17) is 14.7 Å². The topological polar surface area (TPSA) is 96.7 Å². The van der Waals surface area contributed by atoms with Crippen molar-refractivity contribution >= 4 is 16.0 Å². The predicted molar refractivity (Wildman–Crippen MR) is 96.9 cm³/mol. The van der Waals surface area contributed by atoms with Crippen LogP contribution in [0.25, 0.3) is 0 Å². The minimum absolute atomic E-state index is 0.0433. The van der Waals surface area contributed by atoms with Gasteiger partial charge in [0.15, 0.2) is 0 Å². The summed E-state index contributed by atoms with van der Waals surface area (Å²) in [4.78, 5) is 12.6. The zero-order valence-electron chi connectivity index (χ0n) is 14.7. The lowest BCUT2D eigenvalue weighted by Crippen LogP contribution is -2.40.